The second-order valence-corrected chi connectivity index (χ2v) is 37.0. The normalized spacial score (nSPS) is 16.2. The molecule has 6 N–H and O–H groups in total. The van der Waals surface area contributed by atoms with Gasteiger partial charge in [0.25, 0.3) is 0 Å². The number of fused-ring (bicyclic) bond motifs is 4. The lowest BCUT2D eigenvalue weighted by atomic mass is 9.90. The van der Waals surface area contributed by atoms with Gasteiger partial charge in [-0.15, -0.1) is 0 Å². The number of nitrogens with zero attached hydrogens (tertiary/aromatic N) is 5. The summed E-state index contributed by atoms with van der Waals surface area (Å²) in [6.07, 6.45) is 11.2. The van der Waals surface area contributed by atoms with Crippen molar-refractivity contribution in [3.63, 3.8) is 0 Å². The topological polar surface area (TPSA) is 141 Å². The first-order chi connectivity index (χ1) is 63.0. The van der Waals surface area contributed by atoms with Gasteiger partial charge < -0.3 is 36.6 Å². The molecule has 4 aliphatic heterocycles. The zero-order chi connectivity index (χ0) is 91.1. The lowest BCUT2D eigenvalue weighted by molar-refractivity contribution is 0.170. The van der Waals surface area contributed by atoms with E-state index in [9.17, 15) is 43.5 Å². The largest absolute Gasteiger partial charge is 0.383 e. The van der Waals surface area contributed by atoms with E-state index in [-0.39, 0.29) is 76.5 Å². The molecule has 0 amide bonds. The molecule has 0 bridgehead atoms. The number of nitrogens with one attached hydrogen (secondary N) is 6. The molecule has 0 radical (unpaired) electrons. The molecule has 0 fully saturated rings. The summed E-state index contributed by atoms with van der Waals surface area (Å²) in [7, 11) is -1.37. The molecule has 12 aromatic rings. The molecule has 4 aliphatic rings. The van der Waals surface area contributed by atoms with Crippen LogP contribution in [0.25, 0.3) is 0 Å². The van der Waals surface area contributed by atoms with E-state index >= 15 is 0 Å². The molecular weight excluding hydrogens is 1670 g/mol. The molecule has 4 unspecified atom stereocenters. The van der Waals surface area contributed by atoms with Gasteiger partial charge in [0.1, 0.15) is 46.5 Å². The second kappa shape index (κ2) is 48.9. The fourth-order valence-electron chi connectivity index (χ4n) is 17.6. The van der Waals surface area contributed by atoms with Crippen molar-refractivity contribution >= 4 is 21.2 Å². The number of anilines is 2. The number of aromatic nitrogens is 1. The van der Waals surface area contributed by atoms with Crippen molar-refractivity contribution < 1.29 is 48.3 Å². The lowest BCUT2D eigenvalue weighted by Crippen LogP contribution is -2.44. The molecule has 0 aliphatic carbocycles. The van der Waals surface area contributed by atoms with Crippen LogP contribution in [0, 0.1) is 46.5 Å². The van der Waals surface area contributed by atoms with Crippen LogP contribution in [0.15, 0.2) is 267 Å². The van der Waals surface area contributed by atoms with Crippen molar-refractivity contribution in [2.45, 2.75) is 154 Å². The quantitative estimate of drug-likeness (QED) is 0.0164. The van der Waals surface area contributed by atoms with Crippen LogP contribution in [-0.2, 0) is 124 Å². The number of halogens is 8. The van der Waals surface area contributed by atoms with Crippen LogP contribution >= 0.6 is 0 Å². The van der Waals surface area contributed by atoms with Gasteiger partial charge in [0.2, 0.25) is 0 Å². The first kappa shape index (κ1) is 96.7. The SMILES string of the molecule is CC(C)Nc1ccc(CNCCN2Cc3ccc(F)cc3CC2Cc2ccc(F)cc2)cc1.COCCNc1ccc(CNCCN2Cc3ccc(F)cc3CC2Cc2ccc(F)cc2)cc1.CS(=O)(=O)Cc1cccc(CNCCN2Cc3ccc(F)cc3CC2Cc2ccc(F)cc2)c1.Fc1ccc(CC2Cc3cc(F)ccc3CN2CCNCc2ccncc2)cc1. The fourth-order valence-corrected chi connectivity index (χ4v) is 18.4. The van der Waals surface area contributed by atoms with Gasteiger partial charge in [0, 0.05) is 179 Å². The molecule has 11 aromatic carbocycles. The van der Waals surface area contributed by atoms with E-state index < -0.39 is 9.84 Å². The zero-order valence-electron chi connectivity index (χ0n) is 74.8. The smallest absolute Gasteiger partial charge is 0.151 e. The van der Waals surface area contributed by atoms with Gasteiger partial charge in [-0.25, -0.2) is 43.5 Å². The third-order valence-corrected chi connectivity index (χ3v) is 25.2. The molecule has 0 saturated carbocycles. The van der Waals surface area contributed by atoms with E-state index in [0.29, 0.717) is 19.2 Å². The Morgan fingerprint density at radius 2 is 0.631 bits per heavy atom. The minimum atomic E-state index is -3.07. The van der Waals surface area contributed by atoms with Crippen LogP contribution < -0.4 is 31.9 Å². The molecule has 5 heterocycles. The number of sulfone groups is 1. The van der Waals surface area contributed by atoms with Gasteiger partial charge in [0.05, 0.1) is 12.4 Å². The van der Waals surface area contributed by atoms with Crippen molar-refractivity contribution in [3.05, 3.63) is 408 Å². The maximum atomic E-state index is 13.8. The molecule has 130 heavy (non-hydrogen) atoms. The average molecular weight is 1790 g/mol. The molecule has 0 saturated heterocycles. The van der Waals surface area contributed by atoms with E-state index in [4.69, 9.17) is 4.74 Å². The van der Waals surface area contributed by atoms with Crippen LogP contribution in [0.5, 0.6) is 0 Å². The molecule has 0 spiro atoms. The molecule has 1 aromatic heterocycles. The first-order valence-corrected chi connectivity index (χ1v) is 47.2. The summed E-state index contributed by atoms with van der Waals surface area (Å²) in [6, 6.07) is 77.1. The number of ether oxygens (including phenoxy) is 1. The number of pyridine rings is 1. The summed E-state index contributed by atoms with van der Waals surface area (Å²) in [5.41, 5.74) is 21.1. The average Bonchev–Trinajstić information content (AvgIpc) is 0.815. The Labute approximate surface area is 762 Å². The number of rotatable bonds is 36. The highest BCUT2D eigenvalue weighted by Gasteiger charge is 2.32. The highest BCUT2D eigenvalue weighted by molar-refractivity contribution is 7.89. The van der Waals surface area contributed by atoms with Crippen LogP contribution in [0.1, 0.15) is 108 Å². The predicted molar refractivity (Wildman–Crippen MR) is 506 cm³/mol. The van der Waals surface area contributed by atoms with Crippen molar-refractivity contribution in [1.29, 1.82) is 0 Å². The summed E-state index contributed by atoms with van der Waals surface area (Å²) in [5.74, 6) is -1.63. The number of methoxy groups -OCH3 is 1. The molecule has 14 nitrogen and oxygen atoms in total. The van der Waals surface area contributed by atoms with Crippen molar-refractivity contribution in [1.82, 2.24) is 45.9 Å². The highest BCUT2D eigenvalue weighted by atomic mass is 32.2. The van der Waals surface area contributed by atoms with Gasteiger partial charge in [-0.3, -0.25) is 24.6 Å². The minimum absolute atomic E-state index is 0.0414. The zero-order valence-corrected chi connectivity index (χ0v) is 75.6. The summed E-state index contributed by atoms with van der Waals surface area (Å²) in [6.45, 7) is 18.8. The fraction of sp³-hybridized carbons (Fsp3) is 0.336. The van der Waals surface area contributed by atoms with E-state index in [1.54, 1.807) is 62.0 Å². The number of hydrogen-bond donors (Lipinski definition) is 6. The van der Waals surface area contributed by atoms with Crippen LogP contribution in [0.4, 0.5) is 46.5 Å². The van der Waals surface area contributed by atoms with Gasteiger partial charge in [-0.1, -0.05) is 121 Å². The molecule has 4 atom stereocenters. The molecule has 16 rings (SSSR count). The van der Waals surface area contributed by atoms with Gasteiger partial charge in [-0.2, -0.15) is 0 Å². The summed E-state index contributed by atoms with van der Waals surface area (Å²) in [4.78, 5) is 13.8. The van der Waals surface area contributed by atoms with E-state index in [1.165, 1.54) is 94.2 Å². The van der Waals surface area contributed by atoms with Crippen molar-refractivity contribution in [3.8, 4) is 0 Å². The van der Waals surface area contributed by atoms with Crippen LogP contribution in [0.3, 0.4) is 0 Å². The maximum absolute atomic E-state index is 13.8. The Hall–Kier alpha value is -10.8. The van der Waals surface area contributed by atoms with E-state index in [2.05, 4.69) is 119 Å². The Balaban J connectivity index is 0.000000148. The Morgan fingerprint density at radius 1 is 0.338 bits per heavy atom. The van der Waals surface area contributed by atoms with Crippen molar-refractivity contribution in [2.24, 2.45) is 0 Å². The molecule has 23 heteroatoms. The lowest BCUT2D eigenvalue weighted by Gasteiger charge is -2.37. The Kier molecular flexibility index (Phi) is 36.4. The monoisotopic (exact) mass is 1790 g/mol. The van der Waals surface area contributed by atoms with E-state index in [1.807, 2.05) is 109 Å². The van der Waals surface area contributed by atoms with Crippen LogP contribution in [0.2, 0.25) is 0 Å². The minimum Gasteiger partial charge on any atom is -0.383 e. The third-order valence-electron chi connectivity index (χ3n) is 24.4. The second-order valence-electron chi connectivity index (χ2n) is 34.9. The summed E-state index contributed by atoms with van der Waals surface area (Å²) >= 11 is 0. The van der Waals surface area contributed by atoms with E-state index in [0.717, 1.165) is 229 Å². The number of benzene rings is 11. The maximum Gasteiger partial charge on any atom is 0.151 e. The Bertz CT molecular complexity index is 5620. The number of hydrogen-bond acceptors (Lipinski definition) is 14. The van der Waals surface area contributed by atoms with Gasteiger partial charge in [0.15, 0.2) is 9.84 Å². The van der Waals surface area contributed by atoms with Gasteiger partial charge >= 0.3 is 0 Å². The third kappa shape index (κ3) is 31.2. The standard InChI is InChI=1S/C28H33F2N3O.C28H33F2N3.C27H30F2N2O2S.C24H25F2N3/c1-34-15-13-32-27-10-4-22(5-11-27)19-31-12-14-33-20-23-6-9-26(30)17-24(23)18-28(33)16-21-2-7-25(29)8-3-21;1-20(2)32-27-11-5-22(6-12-27)18-31-13-14-33-19-23-7-10-26(30)16-24(23)17-28(33)15-21-3-8-25(29)9-4-21;1-34(32,33)19-22-4-2-3-21(13-22)17-30-11-12-31-18-23-7-10-26(29)15-24(23)16-27(31)14-20-5-8-25(28)9-6-20;25-22-4-1-18(2-5-22)13-24-15-21-14-23(26)6-3-20(21)17-29(24)12-11-28-16-19-7-9-27-10-8-19/h2-11,17,28,31-32H,12-16,18-20H2,1H3;3-12,16,20,28,31-32H,13-15,17-19H2,1-2H3;2-10,13,15,27,30H,11-12,14,16-19H2,1H3;1-10,14,24,28H,11-13,15-17H2. The molecular formula is C107H121F8N11O3S. The summed E-state index contributed by atoms with van der Waals surface area (Å²) < 4.78 is 137. The summed E-state index contributed by atoms with van der Waals surface area (Å²) in [5, 5.41) is 20.8. The van der Waals surface area contributed by atoms with Crippen molar-refractivity contribution in [2.75, 3.05) is 89.5 Å². The van der Waals surface area contributed by atoms with Crippen LogP contribution in [-0.4, -0.2) is 142 Å². The van der Waals surface area contributed by atoms with Gasteiger partial charge in [-0.05, 0) is 293 Å². The first-order valence-electron chi connectivity index (χ1n) is 45.2. The molecule has 684 valence electrons. The highest BCUT2D eigenvalue weighted by Crippen LogP contribution is 2.32. The predicted octanol–water partition coefficient (Wildman–Crippen LogP) is 18.7. The Morgan fingerprint density at radius 3 is 0.946 bits per heavy atom.